The van der Waals surface area contributed by atoms with E-state index in [9.17, 15) is 19.8 Å². The second-order valence-electron chi connectivity index (χ2n) is 9.01. The number of aliphatic hydroxyl groups is 2. The van der Waals surface area contributed by atoms with Crippen molar-refractivity contribution in [1.29, 1.82) is 0 Å². The van der Waals surface area contributed by atoms with Gasteiger partial charge in [-0.25, -0.2) is 0 Å². The van der Waals surface area contributed by atoms with Crippen LogP contribution in [0.1, 0.15) is 62.9 Å². The third kappa shape index (κ3) is 4.49. The lowest BCUT2D eigenvalue weighted by molar-refractivity contribution is -0.0233. The van der Waals surface area contributed by atoms with E-state index in [1.54, 1.807) is 25.3 Å². The smallest absolute Gasteiger partial charge is 0.258 e. The Hall–Kier alpha value is -1.89. The standard InChI is InChI=1S/C22H29ClN2O4/c1-14(12-26)25-11-6-15-16(20(25)28)4-5-17(23)18(15)19(27)24-13-22(29)9-7-21(2,3)8-10-22/h4-6,11,14,26,29H,7-10,12-13H2,1-3H3,(H,24,27)/t14-/m1/s1. The Balaban J connectivity index is 1.87. The van der Waals surface area contributed by atoms with E-state index in [1.807, 2.05) is 0 Å². The van der Waals surface area contributed by atoms with Gasteiger partial charge in [-0.2, -0.15) is 0 Å². The van der Waals surface area contributed by atoms with Crippen molar-refractivity contribution in [3.63, 3.8) is 0 Å². The molecule has 1 amide bonds. The van der Waals surface area contributed by atoms with Gasteiger partial charge < -0.3 is 20.1 Å². The third-order valence-corrected chi connectivity index (χ3v) is 6.45. The van der Waals surface area contributed by atoms with Gasteiger partial charge in [0, 0.05) is 23.5 Å². The van der Waals surface area contributed by atoms with Crippen LogP contribution in [0.3, 0.4) is 0 Å². The van der Waals surface area contributed by atoms with Crippen LogP contribution in [0.2, 0.25) is 5.02 Å². The lowest BCUT2D eigenvalue weighted by Gasteiger charge is -2.40. The first-order valence-electron chi connectivity index (χ1n) is 10.0. The lowest BCUT2D eigenvalue weighted by atomic mass is 9.71. The van der Waals surface area contributed by atoms with E-state index in [4.69, 9.17) is 11.6 Å². The maximum absolute atomic E-state index is 12.9. The molecule has 1 atom stereocenters. The molecule has 29 heavy (non-hydrogen) atoms. The maximum Gasteiger partial charge on any atom is 0.258 e. The molecule has 158 valence electrons. The van der Waals surface area contributed by atoms with E-state index in [1.165, 1.54) is 10.6 Å². The topological polar surface area (TPSA) is 91.6 Å². The number of hydrogen-bond acceptors (Lipinski definition) is 4. The fourth-order valence-corrected chi connectivity index (χ4v) is 4.13. The molecule has 3 N–H and O–H groups in total. The van der Waals surface area contributed by atoms with Crippen LogP contribution in [-0.4, -0.2) is 39.4 Å². The molecule has 1 heterocycles. The average molecular weight is 421 g/mol. The molecular formula is C22H29ClN2O4. The van der Waals surface area contributed by atoms with Crippen LogP contribution in [0.15, 0.2) is 29.2 Å². The van der Waals surface area contributed by atoms with E-state index >= 15 is 0 Å². The van der Waals surface area contributed by atoms with Crippen molar-refractivity contribution in [1.82, 2.24) is 9.88 Å². The summed E-state index contributed by atoms with van der Waals surface area (Å²) >= 11 is 6.30. The highest BCUT2D eigenvalue weighted by Crippen LogP contribution is 2.40. The van der Waals surface area contributed by atoms with Gasteiger partial charge in [0.2, 0.25) is 0 Å². The van der Waals surface area contributed by atoms with Crippen LogP contribution >= 0.6 is 11.6 Å². The Bertz CT molecular complexity index is 973. The summed E-state index contributed by atoms with van der Waals surface area (Å²) in [5, 5.41) is 24.1. The molecule has 1 saturated carbocycles. The van der Waals surface area contributed by atoms with Gasteiger partial charge in [-0.3, -0.25) is 9.59 Å². The van der Waals surface area contributed by atoms with Gasteiger partial charge in [0.05, 0.1) is 28.8 Å². The summed E-state index contributed by atoms with van der Waals surface area (Å²) in [5.74, 6) is -0.411. The molecule has 0 spiro atoms. The molecule has 0 saturated heterocycles. The fourth-order valence-electron chi connectivity index (χ4n) is 3.88. The van der Waals surface area contributed by atoms with Crippen LogP contribution in [0.4, 0.5) is 0 Å². The van der Waals surface area contributed by atoms with Crippen LogP contribution in [0.5, 0.6) is 0 Å². The largest absolute Gasteiger partial charge is 0.394 e. The van der Waals surface area contributed by atoms with Gasteiger partial charge >= 0.3 is 0 Å². The Morgan fingerprint density at radius 3 is 2.48 bits per heavy atom. The number of carbonyl (C=O) groups is 1. The van der Waals surface area contributed by atoms with E-state index in [0.29, 0.717) is 23.6 Å². The van der Waals surface area contributed by atoms with E-state index in [-0.39, 0.29) is 40.8 Å². The molecule has 1 aliphatic carbocycles. The summed E-state index contributed by atoms with van der Waals surface area (Å²) in [6, 6.07) is 4.42. The van der Waals surface area contributed by atoms with Gasteiger partial charge in [-0.1, -0.05) is 25.4 Å². The Kier molecular flexibility index (Phi) is 6.08. The molecule has 1 aliphatic rings. The Morgan fingerprint density at radius 2 is 1.86 bits per heavy atom. The van der Waals surface area contributed by atoms with Crippen LogP contribution in [0, 0.1) is 5.41 Å². The molecule has 0 bridgehead atoms. The monoisotopic (exact) mass is 420 g/mol. The van der Waals surface area contributed by atoms with Crippen molar-refractivity contribution in [3.8, 4) is 0 Å². The van der Waals surface area contributed by atoms with Crippen LogP contribution in [-0.2, 0) is 0 Å². The summed E-state index contributed by atoms with van der Waals surface area (Å²) in [4.78, 5) is 25.7. The van der Waals surface area contributed by atoms with Crippen molar-refractivity contribution >= 4 is 28.3 Å². The number of pyridine rings is 1. The molecular weight excluding hydrogens is 392 g/mol. The van der Waals surface area contributed by atoms with Crippen LogP contribution in [0.25, 0.3) is 10.8 Å². The summed E-state index contributed by atoms with van der Waals surface area (Å²) in [5.41, 5.74) is -0.778. The first-order chi connectivity index (χ1) is 13.6. The molecule has 7 heteroatoms. The minimum Gasteiger partial charge on any atom is -0.394 e. The SMILES string of the molecule is C[C@H](CO)n1ccc2c(C(=O)NCC3(O)CCC(C)(C)CC3)c(Cl)ccc2c1=O. The number of nitrogens with zero attached hydrogens (tertiary/aromatic N) is 1. The Morgan fingerprint density at radius 1 is 1.21 bits per heavy atom. The number of hydrogen-bond donors (Lipinski definition) is 3. The number of carbonyl (C=O) groups excluding carboxylic acids is 1. The minimum atomic E-state index is -0.925. The number of rotatable bonds is 5. The third-order valence-electron chi connectivity index (χ3n) is 6.14. The molecule has 1 fully saturated rings. The first kappa shape index (κ1) is 21.8. The average Bonchev–Trinajstić information content (AvgIpc) is 2.68. The molecule has 6 nitrogen and oxygen atoms in total. The summed E-state index contributed by atoms with van der Waals surface area (Å²) in [7, 11) is 0. The van der Waals surface area contributed by atoms with Gasteiger partial charge in [0.25, 0.3) is 11.5 Å². The number of aliphatic hydroxyl groups excluding tert-OH is 1. The zero-order valence-electron chi connectivity index (χ0n) is 17.2. The quantitative estimate of drug-likeness (QED) is 0.692. The molecule has 3 rings (SSSR count). The first-order valence-corrected chi connectivity index (χ1v) is 10.4. The second-order valence-corrected chi connectivity index (χ2v) is 9.42. The highest BCUT2D eigenvalue weighted by Gasteiger charge is 2.37. The van der Waals surface area contributed by atoms with Gasteiger partial charge in [-0.15, -0.1) is 0 Å². The van der Waals surface area contributed by atoms with Crippen molar-refractivity contribution in [2.45, 2.75) is 58.1 Å². The Labute approximate surface area is 175 Å². The molecule has 0 radical (unpaired) electrons. The number of halogens is 1. The molecule has 0 unspecified atom stereocenters. The lowest BCUT2D eigenvalue weighted by Crippen LogP contribution is -2.46. The number of amides is 1. The summed E-state index contributed by atoms with van der Waals surface area (Å²) in [6.07, 6.45) is 4.63. The molecule has 1 aromatic carbocycles. The summed E-state index contributed by atoms with van der Waals surface area (Å²) in [6.45, 7) is 6.09. The second kappa shape index (κ2) is 8.09. The van der Waals surface area contributed by atoms with Crippen molar-refractivity contribution in [3.05, 3.63) is 45.3 Å². The van der Waals surface area contributed by atoms with E-state index in [0.717, 1.165) is 12.8 Å². The fraction of sp³-hybridized carbons (Fsp3) is 0.545. The number of fused-ring (bicyclic) bond motifs is 1. The number of aromatic nitrogens is 1. The minimum absolute atomic E-state index is 0.146. The molecule has 2 aromatic rings. The van der Waals surface area contributed by atoms with Crippen molar-refractivity contribution < 1.29 is 15.0 Å². The normalized spacial score (nSPS) is 19.1. The van der Waals surface area contributed by atoms with Gasteiger partial charge in [0.15, 0.2) is 0 Å². The van der Waals surface area contributed by atoms with Crippen LogP contribution < -0.4 is 10.9 Å². The zero-order chi connectivity index (χ0) is 21.4. The molecule has 0 aliphatic heterocycles. The van der Waals surface area contributed by atoms with E-state index < -0.39 is 11.5 Å². The van der Waals surface area contributed by atoms with Gasteiger partial charge in [-0.05, 0) is 56.2 Å². The maximum atomic E-state index is 12.9. The highest BCUT2D eigenvalue weighted by atomic mass is 35.5. The predicted octanol–water partition coefficient (Wildman–Crippen LogP) is 3.27. The highest BCUT2D eigenvalue weighted by molar-refractivity contribution is 6.35. The molecule has 1 aromatic heterocycles. The number of nitrogens with one attached hydrogen (secondary N) is 1. The van der Waals surface area contributed by atoms with Gasteiger partial charge in [0.1, 0.15) is 0 Å². The number of benzene rings is 1. The summed E-state index contributed by atoms with van der Waals surface area (Å²) < 4.78 is 1.43. The zero-order valence-corrected chi connectivity index (χ0v) is 17.9. The predicted molar refractivity (Wildman–Crippen MR) is 115 cm³/mol. The van der Waals surface area contributed by atoms with E-state index in [2.05, 4.69) is 19.2 Å². The van der Waals surface area contributed by atoms with Crippen molar-refractivity contribution in [2.24, 2.45) is 5.41 Å². The van der Waals surface area contributed by atoms with Crippen molar-refractivity contribution in [2.75, 3.05) is 13.2 Å².